The summed E-state index contributed by atoms with van der Waals surface area (Å²) >= 11 is 0. The summed E-state index contributed by atoms with van der Waals surface area (Å²) in [5.41, 5.74) is 0.823. The van der Waals surface area contributed by atoms with Crippen molar-refractivity contribution in [3.63, 3.8) is 0 Å². The first kappa shape index (κ1) is 13.1. The molecule has 1 atom stereocenters. The van der Waals surface area contributed by atoms with E-state index in [2.05, 4.69) is 15.4 Å². The van der Waals surface area contributed by atoms with Crippen molar-refractivity contribution in [1.82, 2.24) is 10.6 Å². The molecule has 6 heteroatoms. The van der Waals surface area contributed by atoms with E-state index in [1.807, 2.05) is 0 Å². The molecule has 0 aliphatic carbocycles. The van der Waals surface area contributed by atoms with Crippen molar-refractivity contribution in [2.75, 3.05) is 13.7 Å². The van der Waals surface area contributed by atoms with E-state index in [1.54, 1.807) is 12.1 Å². The highest BCUT2D eigenvalue weighted by atomic mass is 16.5. The smallest absolute Gasteiger partial charge is 0.337 e. The Morgan fingerprint density at radius 2 is 1.89 bits per heavy atom. The molecule has 1 aliphatic rings. The van der Waals surface area contributed by atoms with Crippen LogP contribution in [-0.4, -0.2) is 37.5 Å². The number of carbonyl (C=O) groups is 3. The van der Waals surface area contributed by atoms with Gasteiger partial charge >= 0.3 is 5.97 Å². The lowest BCUT2D eigenvalue weighted by Crippen LogP contribution is -2.36. The number of amides is 2. The topological polar surface area (TPSA) is 84.5 Å². The molecule has 6 nitrogen and oxygen atoms in total. The Kier molecular flexibility index (Phi) is 3.79. The van der Waals surface area contributed by atoms with Crippen LogP contribution >= 0.6 is 0 Å². The van der Waals surface area contributed by atoms with Gasteiger partial charge in [0.1, 0.15) is 0 Å². The van der Waals surface area contributed by atoms with E-state index in [1.165, 1.54) is 19.2 Å². The minimum absolute atomic E-state index is 0.0636. The number of esters is 1. The number of carbonyl (C=O) groups excluding carboxylic acids is 3. The normalized spacial score (nSPS) is 17.7. The number of ether oxygens (including phenoxy) is 1. The molecule has 0 aromatic heterocycles. The van der Waals surface area contributed by atoms with Crippen molar-refractivity contribution >= 4 is 17.8 Å². The summed E-state index contributed by atoms with van der Waals surface area (Å²) in [6.45, 7) is 0.449. The zero-order valence-corrected chi connectivity index (χ0v) is 10.4. The predicted octanol–water partition coefficient (Wildman–Crippen LogP) is 0.0915. The van der Waals surface area contributed by atoms with E-state index in [4.69, 9.17) is 0 Å². The van der Waals surface area contributed by atoms with Gasteiger partial charge in [0, 0.05) is 18.5 Å². The molecule has 2 rings (SSSR count). The van der Waals surface area contributed by atoms with Gasteiger partial charge in [-0.1, -0.05) is 0 Å². The van der Waals surface area contributed by atoms with Crippen LogP contribution in [0.25, 0.3) is 0 Å². The van der Waals surface area contributed by atoms with Gasteiger partial charge in [0.25, 0.3) is 5.91 Å². The van der Waals surface area contributed by atoms with Crippen LogP contribution in [0, 0.1) is 0 Å². The lowest BCUT2D eigenvalue weighted by Gasteiger charge is -2.10. The number of nitrogens with one attached hydrogen (secondary N) is 2. The third-order valence-corrected chi connectivity index (χ3v) is 2.88. The van der Waals surface area contributed by atoms with Crippen LogP contribution in [-0.2, 0) is 9.53 Å². The maximum atomic E-state index is 11.9. The van der Waals surface area contributed by atoms with E-state index < -0.39 is 5.97 Å². The van der Waals surface area contributed by atoms with Gasteiger partial charge in [-0.05, 0) is 24.3 Å². The average molecular weight is 262 g/mol. The van der Waals surface area contributed by atoms with Crippen LogP contribution in [0.15, 0.2) is 24.3 Å². The second-order valence-electron chi connectivity index (χ2n) is 4.25. The Morgan fingerprint density at radius 1 is 1.26 bits per heavy atom. The van der Waals surface area contributed by atoms with Crippen LogP contribution < -0.4 is 10.6 Å². The maximum Gasteiger partial charge on any atom is 0.337 e. The average Bonchev–Trinajstić information content (AvgIpc) is 2.83. The largest absolute Gasteiger partial charge is 0.465 e. The van der Waals surface area contributed by atoms with Gasteiger partial charge in [-0.15, -0.1) is 0 Å². The molecular formula is C13H14N2O4. The van der Waals surface area contributed by atoms with Gasteiger partial charge < -0.3 is 15.4 Å². The summed E-state index contributed by atoms with van der Waals surface area (Å²) in [6, 6.07) is 5.97. The van der Waals surface area contributed by atoms with E-state index >= 15 is 0 Å². The number of hydrogen-bond donors (Lipinski definition) is 2. The summed E-state index contributed by atoms with van der Waals surface area (Å²) in [6.07, 6.45) is 0.298. The predicted molar refractivity (Wildman–Crippen MR) is 66.7 cm³/mol. The van der Waals surface area contributed by atoms with Crippen molar-refractivity contribution < 1.29 is 19.1 Å². The SMILES string of the molecule is COC(=O)c1ccc(C(=O)N[C@@H]2CNC(=O)C2)cc1. The summed E-state index contributed by atoms with van der Waals surface area (Å²) in [7, 11) is 1.30. The van der Waals surface area contributed by atoms with Crippen molar-refractivity contribution in [2.45, 2.75) is 12.5 Å². The van der Waals surface area contributed by atoms with E-state index in [-0.39, 0.29) is 17.9 Å². The zero-order valence-electron chi connectivity index (χ0n) is 10.4. The molecule has 0 unspecified atom stereocenters. The van der Waals surface area contributed by atoms with Crippen LogP contribution in [0.5, 0.6) is 0 Å². The summed E-state index contributed by atoms with van der Waals surface area (Å²) < 4.78 is 4.57. The Morgan fingerprint density at radius 3 is 2.42 bits per heavy atom. The number of methoxy groups -OCH3 is 1. The van der Waals surface area contributed by atoms with E-state index in [0.29, 0.717) is 24.1 Å². The molecule has 100 valence electrons. The Labute approximate surface area is 110 Å². The molecule has 1 aromatic rings. The van der Waals surface area contributed by atoms with E-state index in [0.717, 1.165) is 0 Å². The quantitative estimate of drug-likeness (QED) is 0.756. The van der Waals surface area contributed by atoms with Crippen molar-refractivity contribution in [1.29, 1.82) is 0 Å². The highest BCUT2D eigenvalue weighted by Crippen LogP contribution is 2.07. The highest BCUT2D eigenvalue weighted by molar-refractivity contribution is 5.96. The summed E-state index contributed by atoms with van der Waals surface area (Å²) in [5.74, 6) is -0.776. The fraction of sp³-hybridized carbons (Fsp3) is 0.308. The van der Waals surface area contributed by atoms with Crippen LogP contribution in [0.2, 0.25) is 0 Å². The molecule has 0 radical (unpaired) electrons. The molecule has 19 heavy (non-hydrogen) atoms. The molecule has 0 spiro atoms. The third kappa shape index (κ3) is 3.09. The van der Waals surface area contributed by atoms with Crippen LogP contribution in [0.4, 0.5) is 0 Å². The lowest BCUT2D eigenvalue weighted by atomic mass is 10.1. The highest BCUT2D eigenvalue weighted by Gasteiger charge is 2.23. The Hall–Kier alpha value is -2.37. The number of benzene rings is 1. The van der Waals surface area contributed by atoms with Gasteiger partial charge in [0.15, 0.2) is 0 Å². The second-order valence-corrected chi connectivity index (χ2v) is 4.25. The standard InChI is InChI=1S/C13H14N2O4/c1-19-13(18)9-4-2-8(3-5-9)12(17)15-10-6-11(16)14-7-10/h2-5,10H,6-7H2,1H3,(H,14,16)(H,15,17)/t10-/m0/s1. The molecular weight excluding hydrogens is 248 g/mol. The van der Waals surface area contributed by atoms with Gasteiger partial charge in [-0.2, -0.15) is 0 Å². The monoisotopic (exact) mass is 262 g/mol. The second kappa shape index (κ2) is 5.51. The number of rotatable bonds is 3. The molecule has 0 bridgehead atoms. The Bertz CT molecular complexity index is 510. The molecule has 1 heterocycles. The molecule has 2 amide bonds. The maximum absolute atomic E-state index is 11.9. The van der Waals surface area contributed by atoms with Gasteiger partial charge in [0.05, 0.1) is 18.7 Å². The van der Waals surface area contributed by atoms with Crippen LogP contribution in [0.1, 0.15) is 27.1 Å². The first-order valence-electron chi connectivity index (χ1n) is 5.86. The van der Waals surface area contributed by atoms with Crippen LogP contribution in [0.3, 0.4) is 0 Å². The minimum atomic E-state index is -0.447. The molecule has 1 aromatic carbocycles. The lowest BCUT2D eigenvalue weighted by molar-refractivity contribution is -0.119. The molecule has 1 aliphatic heterocycles. The Balaban J connectivity index is 1.99. The fourth-order valence-corrected chi connectivity index (χ4v) is 1.85. The zero-order chi connectivity index (χ0) is 13.8. The molecule has 0 saturated carbocycles. The molecule has 1 saturated heterocycles. The number of hydrogen-bond acceptors (Lipinski definition) is 4. The minimum Gasteiger partial charge on any atom is -0.465 e. The van der Waals surface area contributed by atoms with Crippen molar-refractivity contribution in [2.24, 2.45) is 0 Å². The first-order chi connectivity index (χ1) is 9.10. The van der Waals surface area contributed by atoms with Gasteiger partial charge in [-0.25, -0.2) is 4.79 Å². The van der Waals surface area contributed by atoms with E-state index in [9.17, 15) is 14.4 Å². The third-order valence-electron chi connectivity index (χ3n) is 2.88. The molecule has 1 fully saturated rings. The van der Waals surface area contributed by atoms with Crippen molar-refractivity contribution in [3.8, 4) is 0 Å². The summed E-state index contributed by atoms with van der Waals surface area (Å²) in [5, 5.41) is 5.39. The fourth-order valence-electron chi connectivity index (χ4n) is 1.85. The molecule has 2 N–H and O–H groups in total. The van der Waals surface area contributed by atoms with Crippen molar-refractivity contribution in [3.05, 3.63) is 35.4 Å². The summed E-state index contributed by atoms with van der Waals surface area (Å²) in [4.78, 5) is 34.1. The van der Waals surface area contributed by atoms with Gasteiger partial charge in [0.2, 0.25) is 5.91 Å². The first-order valence-corrected chi connectivity index (χ1v) is 5.86. The van der Waals surface area contributed by atoms with Gasteiger partial charge in [-0.3, -0.25) is 9.59 Å².